The van der Waals surface area contributed by atoms with Crippen LogP contribution in [0.15, 0.2) is 4.99 Å². The van der Waals surface area contributed by atoms with Crippen molar-refractivity contribution in [1.82, 2.24) is 4.90 Å². The molecule has 1 saturated heterocycles. The summed E-state index contributed by atoms with van der Waals surface area (Å²) in [5, 5.41) is 0. The summed E-state index contributed by atoms with van der Waals surface area (Å²) in [4.78, 5) is 18.1. The third kappa shape index (κ3) is 3.59. The van der Waals surface area contributed by atoms with Gasteiger partial charge in [0, 0.05) is 6.42 Å². The Hall–Kier alpha value is -1.30. The molecule has 0 radical (unpaired) electrons. The maximum absolute atomic E-state index is 11.9. The van der Waals surface area contributed by atoms with Crippen LogP contribution in [0.5, 0.6) is 0 Å². The van der Waals surface area contributed by atoms with Crippen molar-refractivity contribution in [2.75, 3.05) is 19.6 Å². The predicted molar refractivity (Wildman–Crippen MR) is 72.2 cm³/mol. The number of hydrogen-bond acceptors (Lipinski definition) is 5. The van der Waals surface area contributed by atoms with E-state index in [-0.39, 0.29) is 18.2 Å². The van der Waals surface area contributed by atoms with Crippen molar-refractivity contribution in [2.24, 2.45) is 10.7 Å². The van der Waals surface area contributed by atoms with Crippen LogP contribution in [-0.4, -0.2) is 54.3 Å². The fourth-order valence-corrected chi connectivity index (χ4v) is 2.24. The van der Waals surface area contributed by atoms with Gasteiger partial charge in [-0.2, -0.15) is 0 Å². The van der Waals surface area contributed by atoms with E-state index in [2.05, 4.69) is 4.99 Å². The van der Waals surface area contributed by atoms with Gasteiger partial charge < -0.3 is 20.1 Å². The predicted octanol–water partition coefficient (Wildman–Crippen LogP) is 1.14. The van der Waals surface area contributed by atoms with E-state index in [9.17, 15) is 4.79 Å². The first-order valence-corrected chi connectivity index (χ1v) is 6.80. The normalized spacial score (nSPS) is 25.9. The van der Waals surface area contributed by atoms with Crippen LogP contribution >= 0.6 is 0 Å². The number of ether oxygens (including phenoxy) is 2. The molecule has 0 bridgehead atoms. The highest BCUT2D eigenvalue weighted by Gasteiger charge is 2.42. The maximum atomic E-state index is 11.9. The Morgan fingerprint density at radius 1 is 1.53 bits per heavy atom. The number of rotatable bonds is 3. The van der Waals surface area contributed by atoms with Crippen molar-refractivity contribution < 1.29 is 14.3 Å². The van der Waals surface area contributed by atoms with Crippen LogP contribution in [0.1, 0.15) is 33.6 Å². The van der Waals surface area contributed by atoms with Crippen LogP contribution in [0.2, 0.25) is 0 Å². The van der Waals surface area contributed by atoms with Crippen molar-refractivity contribution in [3.8, 4) is 0 Å². The highest BCUT2D eigenvalue weighted by molar-refractivity contribution is 5.79. The highest BCUT2D eigenvalue weighted by atomic mass is 16.6. The molecule has 2 heterocycles. The highest BCUT2D eigenvalue weighted by Crippen LogP contribution is 2.25. The molecule has 2 aliphatic rings. The number of amides is 1. The molecule has 19 heavy (non-hydrogen) atoms. The zero-order chi connectivity index (χ0) is 14.0. The van der Waals surface area contributed by atoms with Crippen LogP contribution in [0.3, 0.4) is 0 Å². The Balaban J connectivity index is 1.86. The van der Waals surface area contributed by atoms with Crippen molar-refractivity contribution in [2.45, 2.75) is 51.4 Å². The largest absolute Gasteiger partial charge is 0.474 e. The van der Waals surface area contributed by atoms with E-state index in [0.29, 0.717) is 19.6 Å². The maximum Gasteiger partial charge on any atom is 0.410 e. The van der Waals surface area contributed by atoms with Crippen molar-refractivity contribution in [3.63, 3.8) is 0 Å². The molecule has 108 valence electrons. The molecule has 1 amide bonds. The van der Waals surface area contributed by atoms with Crippen molar-refractivity contribution in [1.29, 1.82) is 0 Å². The lowest BCUT2D eigenvalue weighted by atomic mass is 10.2. The Bertz CT molecular complexity index is 376. The fourth-order valence-electron chi connectivity index (χ4n) is 2.24. The number of nitrogens with two attached hydrogens (primary N) is 1. The van der Waals surface area contributed by atoms with E-state index in [1.165, 1.54) is 0 Å². The van der Waals surface area contributed by atoms with Gasteiger partial charge >= 0.3 is 6.09 Å². The average Bonchev–Trinajstić information content (AvgIpc) is 2.81. The number of aliphatic imine (C=N–C) groups is 1. The minimum atomic E-state index is -0.467. The molecule has 1 fully saturated rings. The van der Waals surface area contributed by atoms with Gasteiger partial charge in [-0.05, 0) is 33.7 Å². The molecule has 6 nitrogen and oxygen atoms in total. The lowest BCUT2D eigenvalue weighted by Crippen LogP contribution is -2.36. The monoisotopic (exact) mass is 269 g/mol. The van der Waals surface area contributed by atoms with Gasteiger partial charge in [-0.15, -0.1) is 0 Å². The smallest absolute Gasteiger partial charge is 0.410 e. The van der Waals surface area contributed by atoms with Gasteiger partial charge in [0.15, 0.2) is 5.90 Å². The lowest BCUT2D eigenvalue weighted by molar-refractivity contribution is 0.0271. The van der Waals surface area contributed by atoms with E-state index in [1.54, 1.807) is 4.90 Å². The number of carbonyl (C=O) groups is 1. The lowest BCUT2D eigenvalue weighted by Gasteiger charge is -2.24. The van der Waals surface area contributed by atoms with Crippen LogP contribution < -0.4 is 5.73 Å². The molecule has 0 aliphatic carbocycles. The zero-order valence-corrected chi connectivity index (χ0v) is 11.9. The second-order valence-corrected chi connectivity index (χ2v) is 6.02. The molecule has 2 unspecified atom stereocenters. The van der Waals surface area contributed by atoms with Crippen LogP contribution in [0, 0.1) is 0 Å². The van der Waals surface area contributed by atoms with Gasteiger partial charge in [-0.1, -0.05) is 0 Å². The molecule has 2 atom stereocenters. The van der Waals surface area contributed by atoms with Gasteiger partial charge in [0.1, 0.15) is 17.7 Å². The molecular weight excluding hydrogens is 246 g/mol. The number of carbonyl (C=O) groups excluding carboxylic acids is 1. The molecule has 2 N–H and O–H groups in total. The van der Waals surface area contributed by atoms with Gasteiger partial charge in [-0.25, -0.2) is 9.79 Å². The first-order chi connectivity index (χ1) is 8.89. The van der Waals surface area contributed by atoms with E-state index < -0.39 is 5.60 Å². The van der Waals surface area contributed by atoms with E-state index >= 15 is 0 Å². The Morgan fingerprint density at radius 3 is 2.84 bits per heavy atom. The van der Waals surface area contributed by atoms with Crippen molar-refractivity contribution >= 4 is 12.0 Å². The topological polar surface area (TPSA) is 77.2 Å². The molecule has 0 spiro atoms. The molecule has 0 aromatic heterocycles. The minimum Gasteiger partial charge on any atom is -0.474 e. The van der Waals surface area contributed by atoms with E-state index in [1.807, 2.05) is 20.8 Å². The van der Waals surface area contributed by atoms with Gasteiger partial charge in [0.2, 0.25) is 0 Å². The Morgan fingerprint density at radius 2 is 2.26 bits per heavy atom. The van der Waals surface area contributed by atoms with Crippen LogP contribution in [0.4, 0.5) is 4.79 Å². The Labute approximate surface area is 113 Å². The molecule has 0 saturated carbocycles. The molecule has 6 heteroatoms. The standard InChI is InChI=1S/C13H23N3O3/c1-13(2,3)19-12(17)16-7-9-10(8-16)18-11(15-9)5-4-6-14/h9-10H,4-8,14H2,1-3H3. The molecule has 2 aliphatic heterocycles. The van der Waals surface area contributed by atoms with Gasteiger partial charge in [0.25, 0.3) is 0 Å². The minimum absolute atomic E-state index is 0.0136. The summed E-state index contributed by atoms with van der Waals surface area (Å²) in [6, 6.07) is 0.0558. The summed E-state index contributed by atoms with van der Waals surface area (Å²) < 4.78 is 11.1. The molecule has 2 rings (SSSR count). The van der Waals surface area contributed by atoms with Gasteiger partial charge in [-0.3, -0.25) is 0 Å². The third-order valence-corrected chi connectivity index (χ3v) is 3.08. The summed E-state index contributed by atoms with van der Waals surface area (Å²) >= 11 is 0. The van der Waals surface area contributed by atoms with Crippen molar-refractivity contribution in [3.05, 3.63) is 0 Å². The van der Waals surface area contributed by atoms with E-state index in [0.717, 1.165) is 18.7 Å². The molecule has 0 aromatic rings. The van der Waals surface area contributed by atoms with Gasteiger partial charge in [0.05, 0.1) is 13.1 Å². The summed E-state index contributed by atoms with van der Waals surface area (Å²) in [6.45, 7) is 7.35. The number of fused-ring (bicyclic) bond motifs is 1. The third-order valence-electron chi connectivity index (χ3n) is 3.08. The summed E-state index contributed by atoms with van der Waals surface area (Å²) in [6.07, 6.45) is 1.37. The number of likely N-dealkylation sites (tertiary alicyclic amines) is 1. The van der Waals surface area contributed by atoms with Crippen LogP contribution in [0.25, 0.3) is 0 Å². The first kappa shape index (κ1) is 14.1. The van der Waals surface area contributed by atoms with Crippen LogP contribution in [-0.2, 0) is 9.47 Å². The second kappa shape index (κ2) is 5.36. The number of hydrogen-bond donors (Lipinski definition) is 1. The second-order valence-electron chi connectivity index (χ2n) is 6.02. The Kier molecular flexibility index (Phi) is 3.99. The quantitative estimate of drug-likeness (QED) is 0.833. The summed E-state index contributed by atoms with van der Waals surface area (Å²) in [7, 11) is 0. The zero-order valence-electron chi connectivity index (χ0n) is 11.9. The first-order valence-electron chi connectivity index (χ1n) is 6.80. The molecular formula is C13H23N3O3. The van der Waals surface area contributed by atoms with E-state index in [4.69, 9.17) is 15.2 Å². The fraction of sp³-hybridized carbons (Fsp3) is 0.846. The summed E-state index contributed by atoms with van der Waals surface area (Å²) in [5.74, 6) is 0.782. The number of nitrogens with zero attached hydrogens (tertiary/aromatic N) is 2. The SMILES string of the molecule is CC(C)(C)OC(=O)N1CC2N=C(CCCN)OC2C1. The summed E-state index contributed by atoms with van der Waals surface area (Å²) in [5.41, 5.74) is 5.00. The average molecular weight is 269 g/mol. The molecule has 0 aromatic carbocycles.